The van der Waals surface area contributed by atoms with Gasteiger partial charge in [-0.15, -0.1) is 26.3 Å². The first-order chi connectivity index (χ1) is 35.0. The van der Waals surface area contributed by atoms with E-state index in [2.05, 4.69) is 62.6 Å². The Balaban J connectivity index is 0.945. The van der Waals surface area contributed by atoms with Crippen LogP contribution in [-0.2, 0) is 13.1 Å². The van der Waals surface area contributed by atoms with Gasteiger partial charge in [0.05, 0.1) is 9.85 Å². The number of aliphatic imine (C=N–C) groups is 1. The third kappa shape index (κ3) is 14.6. The van der Waals surface area contributed by atoms with Crippen molar-refractivity contribution in [1.29, 1.82) is 0 Å². The fourth-order valence-electron chi connectivity index (χ4n) is 10.8. The van der Waals surface area contributed by atoms with Crippen molar-refractivity contribution in [3.8, 4) is 11.5 Å². The van der Waals surface area contributed by atoms with E-state index in [1.807, 2.05) is 0 Å². The summed E-state index contributed by atoms with van der Waals surface area (Å²) in [5.74, 6) is -0.244. The molecule has 3 aliphatic heterocycles. The number of nitrogens with one attached hydrogen (secondary N) is 4. The van der Waals surface area contributed by atoms with E-state index in [4.69, 9.17) is 4.99 Å². The van der Waals surface area contributed by atoms with Crippen molar-refractivity contribution in [3.05, 3.63) is 98.0 Å². The number of piperazine rings is 1. The largest absolute Gasteiger partial charge is 0.573 e. The second kappa shape index (κ2) is 23.9. The van der Waals surface area contributed by atoms with Gasteiger partial charge in [-0.2, -0.15) is 4.98 Å². The second-order valence-electron chi connectivity index (χ2n) is 19.5. The molecule has 8 rings (SSSR count). The van der Waals surface area contributed by atoms with Gasteiger partial charge < -0.3 is 30.3 Å². The smallest absolute Gasteiger partial charge is 0.405 e. The molecule has 2 aromatic carbocycles. The minimum absolute atomic E-state index is 0.0402. The van der Waals surface area contributed by atoms with Gasteiger partial charge in [0.15, 0.2) is 6.29 Å². The number of nitro groups is 2. The zero-order chi connectivity index (χ0) is 51.7. The van der Waals surface area contributed by atoms with Crippen LogP contribution in [0.1, 0.15) is 81.8 Å². The summed E-state index contributed by atoms with van der Waals surface area (Å²) in [6.45, 7) is 5.25. The Bertz CT molecular complexity index is 2410. The number of alkyl halides is 6. The third-order valence-electron chi connectivity index (χ3n) is 14.7. The van der Waals surface area contributed by atoms with E-state index in [0.717, 1.165) is 103 Å². The highest BCUT2D eigenvalue weighted by Gasteiger charge is 2.42. The molecule has 4 heterocycles. The van der Waals surface area contributed by atoms with Gasteiger partial charge in [-0.3, -0.25) is 40.4 Å². The molecular formula is C48H63F6N13O6. The van der Waals surface area contributed by atoms with Crippen molar-refractivity contribution in [2.24, 2.45) is 22.7 Å². The van der Waals surface area contributed by atoms with Crippen LogP contribution in [0.4, 0.5) is 43.8 Å². The summed E-state index contributed by atoms with van der Waals surface area (Å²) in [4.78, 5) is 41.9. The Morgan fingerprint density at radius 2 is 1.40 bits per heavy atom. The highest BCUT2D eigenvalue weighted by atomic mass is 19.4. The number of aromatic nitrogens is 2. The van der Waals surface area contributed by atoms with E-state index in [1.54, 1.807) is 17.1 Å². The lowest BCUT2D eigenvalue weighted by Crippen LogP contribution is -2.66. The molecule has 0 spiro atoms. The number of hydrogen-bond donors (Lipinski definition) is 4. The quantitative estimate of drug-likeness (QED) is 0.0540. The van der Waals surface area contributed by atoms with Crippen LogP contribution in [0, 0.1) is 38.0 Å². The Hall–Kier alpha value is -6.05. The van der Waals surface area contributed by atoms with Crippen LogP contribution < -0.4 is 30.7 Å². The molecule has 4 N–H and O–H groups in total. The predicted molar refractivity (Wildman–Crippen MR) is 258 cm³/mol. The van der Waals surface area contributed by atoms with Crippen LogP contribution >= 0.6 is 0 Å². The fourth-order valence-corrected chi connectivity index (χ4v) is 10.8. The molecule has 5 aliphatic rings. The second-order valence-corrected chi connectivity index (χ2v) is 19.5. The van der Waals surface area contributed by atoms with Gasteiger partial charge in [-0.05, 0) is 101 Å². The lowest BCUT2D eigenvalue weighted by atomic mass is 9.76. The Morgan fingerprint density at radius 1 is 0.767 bits per heavy atom. The molecule has 19 nitrogen and oxygen atoms in total. The normalized spacial score (nSPS) is 25.4. The van der Waals surface area contributed by atoms with E-state index >= 15 is 0 Å². The average Bonchev–Trinajstić information content (AvgIpc) is 3.36. The molecule has 0 radical (unpaired) electrons. The number of anilines is 2. The molecule has 1 aromatic heterocycles. The number of rotatable bonds is 18. The monoisotopic (exact) mass is 1030 g/mol. The minimum atomic E-state index is -4.92. The van der Waals surface area contributed by atoms with E-state index in [9.17, 15) is 46.6 Å². The van der Waals surface area contributed by atoms with E-state index in [-0.39, 0.29) is 82.7 Å². The summed E-state index contributed by atoms with van der Waals surface area (Å²) < 4.78 is 87.9. The molecule has 2 saturated heterocycles. The summed E-state index contributed by atoms with van der Waals surface area (Å²) >= 11 is 0. The fraction of sp³-hybridized carbons (Fsp3) is 0.604. The first-order valence-corrected chi connectivity index (χ1v) is 25.0. The van der Waals surface area contributed by atoms with Crippen LogP contribution in [0.25, 0.3) is 0 Å². The van der Waals surface area contributed by atoms with E-state index in [1.165, 1.54) is 42.6 Å². The molecule has 3 aromatic rings. The maximum Gasteiger partial charge on any atom is 0.573 e. The van der Waals surface area contributed by atoms with Gasteiger partial charge in [-0.1, -0.05) is 42.8 Å². The number of benzene rings is 2. The Labute approximate surface area is 419 Å². The molecule has 2 unspecified atom stereocenters. The third-order valence-corrected chi connectivity index (χ3v) is 14.7. The number of nitrogens with zero attached hydrogens (tertiary/aromatic N) is 9. The zero-order valence-corrected chi connectivity index (χ0v) is 40.6. The lowest BCUT2D eigenvalue weighted by molar-refractivity contribution is -0.418. The lowest BCUT2D eigenvalue weighted by Gasteiger charge is -2.50. The Kier molecular flexibility index (Phi) is 17.4. The molecule has 2 aliphatic carbocycles. The topological polar surface area (TPSA) is 204 Å². The van der Waals surface area contributed by atoms with E-state index in [0.29, 0.717) is 25.7 Å². The number of hydrazine groups is 1. The summed E-state index contributed by atoms with van der Waals surface area (Å²) in [6, 6.07) is 11.9. The van der Waals surface area contributed by atoms with Crippen molar-refractivity contribution in [1.82, 2.24) is 40.4 Å². The molecule has 0 bridgehead atoms. The predicted octanol–water partition coefficient (Wildman–Crippen LogP) is 8.08. The maximum absolute atomic E-state index is 13.5. The molecule has 2 saturated carbocycles. The van der Waals surface area contributed by atoms with Crippen molar-refractivity contribution in [2.75, 3.05) is 63.5 Å². The Morgan fingerprint density at radius 3 is 2.03 bits per heavy atom. The molecule has 4 fully saturated rings. The number of ether oxygens (including phenoxy) is 2. The van der Waals surface area contributed by atoms with Crippen molar-refractivity contribution < 1.29 is 45.7 Å². The van der Waals surface area contributed by atoms with E-state index < -0.39 is 34.6 Å². The first-order valence-electron chi connectivity index (χ1n) is 25.0. The van der Waals surface area contributed by atoms with Gasteiger partial charge >= 0.3 is 24.1 Å². The number of amidine groups is 1. The zero-order valence-electron chi connectivity index (χ0n) is 40.6. The van der Waals surface area contributed by atoms with Gasteiger partial charge in [0.2, 0.25) is 17.6 Å². The van der Waals surface area contributed by atoms with Crippen molar-refractivity contribution in [2.45, 2.75) is 115 Å². The highest BCUT2D eigenvalue weighted by molar-refractivity contribution is 5.96. The molecule has 2 atom stereocenters. The van der Waals surface area contributed by atoms with Crippen molar-refractivity contribution >= 4 is 23.3 Å². The van der Waals surface area contributed by atoms with Crippen LogP contribution in [0.3, 0.4) is 0 Å². The molecule has 73 heavy (non-hydrogen) atoms. The van der Waals surface area contributed by atoms with Crippen LogP contribution in [0.2, 0.25) is 0 Å². The van der Waals surface area contributed by atoms with Crippen LogP contribution in [0.5, 0.6) is 11.5 Å². The summed E-state index contributed by atoms with van der Waals surface area (Å²) in [6.07, 6.45) is 1.45. The van der Waals surface area contributed by atoms with Gasteiger partial charge in [0.1, 0.15) is 23.9 Å². The standard InChI is InChI=1S/C48H63F6N13O6/c1-62-22-24-63(25-23-62)37-19-15-33(16-20-37)27-56-44-40(67(70)71)31-65(46(61-44)59-29-36-9-3-5-12-42(36)73-48(52,53)54)64-21-7-6-10-38(64)34-17-13-32(14-18-34)26-55-43-39(66(68)69)30-58-45(60-43)57-28-35-8-2-4-11-41(35)72-47(49,50)51/h2-5,8-9,11-12,30-34,37-38,46,59H,6-7,10,13-29H2,1H3,(H,56,61)(H2,55,57,58,60). The number of hydrogen-bond acceptors (Lipinski definition) is 16. The number of likely N-dealkylation sites (N-methyl/N-ethyl adjacent to an activating group) is 1. The average molecular weight is 1030 g/mol. The SMILES string of the molecule is CN1CCN(C2CCC(CN=C3NC(NCc4ccccc4OC(F)(F)F)N(N4CCCCC4C4CCC(CNc5nc(NCc6ccccc6OC(F)(F)F)ncc5[N+](=O)[O-])CC4)C=C3[N+](=O)[O-])CC2)CC1. The molecule has 25 heteroatoms. The first kappa shape index (κ1) is 53.2. The maximum atomic E-state index is 13.5. The molecule has 398 valence electrons. The van der Waals surface area contributed by atoms with Crippen LogP contribution in [-0.4, -0.2) is 129 Å². The van der Waals surface area contributed by atoms with Gasteiger partial charge in [0, 0.05) is 82.1 Å². The number of halogens is 6. The number of piperidine rings is 1. The highest BCUT2D eigenvalue weighted by Crippen LogP contribution is 2.39. The summed E-state index contributed by atoms with van der Waals surface area (Å²) in [7, 11) is 2.14. The van der Waals surface area contributed by atoms with Crippen molar-refractivity contribution in [3.63, 3.8) is 0 Å². The van der Waals surface area contributed by atoms with Crippen LogP contribution in [0.15, 0.2) is 71.6 Å². The number of para-hydroxylation sites is 2. The molecular weight excluding hydrogens is 969 g/mol. The summed E-state index contributed by atoms with van der Waals surface area (Å²) in [5, 5.41) is 41.4. The molecule has 0 amide bonds. The van der Waals surface area contributed by atoms with Gasteiger partial charge in [0.25, 0.3) is 0 Å². The van der Waals surface area contributed by atoms with Gasteiger partial charge in [-0.25, -0.2) is 9.99 Å². The minimum Gasteiger partial charge on any atom is -0.405 e. The summed E-state index contributed by atoms with van der Waals surface area (Å²) in [5.41, 5.74) is -0.168.